The summed E-state index contributed by atoms with van der Waals surface area (Å²) in [6.45, 7) is 27.9. The van der Waals surface area contributed by atoms with E-state index in [-0.39, 0.29) is 24.8 Å². The molecular weight excluding hydrogens is 611 g/mol. The number of rotatable bonds is 6. The molecule has 0 heterocycles. The van der Waals surface area contributed by atoms with Crippen LogP contribution in [-0.4, -0.2) is 7.37 Å². The van der Waals surface area contributed by atoms with Gasteiger partial charge < -0.3 is 0 Å². The summed E-state index contributed by atoms with van der Waals surface area (Å²) in [6.07, 6.45) is 5.18. The van der Waals surface area contributed by atoms with Crippen LogP contribution in [0.1, 0.15) is 159 Å². The van der Waals surface area contributed by atoms with Crippen LogP contribution in [0.15, 0.2) is 35.4 Å². The molecule has 0 spiro atoms. The standard InChI is InChI=1S/2C16H21.C2H6.CH3.2ClH.H3Si.Zr/c2*1-10(2)13-8-14-6-12(5)7-16(14)15(9-13)11(3)4;1-2;;;;;/h2*6-11H,1-5H3;1-2H3;1H3;2*1H;1H3;. The van der Waals surface area contributed by atoms with Gasteiger partial charge in [0.15, 0.2) is 0 Å². The van der Waals surface area contributed by atoms with Crippen LogP contribution in [-0.2, 0) is 19.4 Å². The van der Waals surface area contributed by atoms with E-state index in [1.807, 2.05) is 13.8 Å². The molecule has 0 saturated carbocycles. The van der Waals surface area contributed by atoms with Gasteiger partial charge in [-0.2, -0.15) is 0 Å². The van der Waals surface area contributed by atoms with Crippen molar-refractivity contribution in [3.63, 3.8) is 0 Å². The van der Waals surface area contributed by atoms with Gasteiger partial charge in [0.1, 0.15) is 0 Å². The van der Waals surface area contributed by atoms with E-state index in [0.717, 1.165) is 0 Å². The third kappa shape index (κ3) is 6.82. The average Bonchev–Trinajstić information content (AvgIpc) is 3.34. The summed E-state index contributed by atoms with van der Waals surface area (Å²) in [5.41, 5.74) is 16.0. The topological polar surface area (TPSA) is 0 Å². The minimum Gasteiger partial charge on any atom is -0.147 e. The molecule has 2 aromatic rings. The molecule has 0 aromatic heterocycles. The SMILES string of the molecule is CC.CC1=Cc2c(C(C)C)cc(C(C)C)cc2[CH]1[Zr]([CH3])([SiH3])[CH]1C(C)=Cc2c(C(C)C)cc(C(C)C)cc21.Cl.Cl. The Kier molecular flexibility index (Phi) is 13.3. The molecule has 218 valence electrons. The van der Waals surface area contributed by atoms with Crippen molar-refractivity contribution >= 4 is 44.3 Å². The molecule has 0 saturated heterocycles. The van der Waals surface area contributed by atoms with E-state index in [4.69, 9.17) is 0 Å². The third-order valence-electron chi connectivity index (χ3n) is 8.87. The summed E-state index contributed by atoms with van der Waals surface area (Å²) in [4.78, 5) is 0. The summed E-state index contributed by atoms with van der Waals surface area (Å²) >= 11 is -2.67. The van der Waals surface area contributed by atoms with Crippen LogP contribution in [0.25, 0.3) is 12.2 Å². The first-order valence-corrected chi connectivity index (χ1v) is 28.6. The second-order valence-electron chi connectivity index (χ2n) is 13.3. The van der Waals surface area contributed by atoms with Gasteiger partial charge in [0.2, 0.25) is 0 Å². The number of allylic oxidation sites excluding steroid dienone is 2. The van der Waals surface area contributed by atoms with Crippen LogP contribution in [0.2, 0.25) is 4.63 Å². The normalized spacial score (nSPS) is 19.1. The maximum atomic E-state index is 2.81. The molecular formula is C35H56Cl2SiZr. The van der Waals surface area contributed by atoms with E-state index in [2.05, 4.69) is 110 Å². The largest absolute Gasteiger partial charge is 0.147 e. The van der Waals surface area contributed by atoms with E-state index < -0.39 is 19.4 Å². The predicted molar refractivity (Wildman–Crippen MR) is 184 cm³/mol. The van der Waals surface area contributed by atoms with E-state index in [0.29, 0.717) is 30.9 Å². The Morgan fingerprint density at radius 3 is 1.15 bits per heavy atom. The fourth-order valence-corrected chi connectivity index (χ4v) is 28.3. The van der Waals surface area contributed by atoms with Crippen molar-refractivity contribution in [2.45, 2.75) is 119 Å². The molecule has 0 aliphatic heterocycles. The van der Waals surface area contributed by atoms with Crippen LogP contribution in [0.4, 0.5) is 0 Å². The van der Waals surface area contributed by atoms with Crippen LogP contribution >= 0.6 is 24.8 Å². The molecule has 0 nitrogen and oxygen atoms in total. The molecule has 4 rings (SSSR count). The third-order valence-corrected chi connectivity index (χ3v) is 26.8. The van der Waals surface area contributed by atoms with Crippen LogP contribution < -0.4 is 0 Å². The number of fused-ring (bicyclic) bond motifs is 2. The fourth-order valence-electron chi connectivity index (χ4n) is 7.13. The molecule has 2 aliphatic rings. The molecule has 4 heteroatoms. The molecule has 39 heavy (non-hydrogen) atoms. The monoisotopic (exact) mass is 664 g/mol. The van der Waals surface area contributed by atoms with E-state index in [1.54, 1.807) is 44.5 Å². The Labute approximate surface area is 260 Å². The summed E-state index contributed by atoms with van der Waals surface area (Å²) < 4.78 is 4.21. The molecule has 0 radical (unpaired) electrons. The van der Waals surface area contributed by atoms with Crippen LogP contribution in [0, 0.1) is 0 Å². The first-order chi connectivity index (χ1) is 17.2. The smallest absolute Gasteiger partial charge is 0.147 e. The Hall–Kier alpha value is -0.400. The van der Waals surface area contributed by atoms with Crippen molar-refractivity contribution in [2.24, 2.45) is 0 Å². The molecule has 2 atom stereocenters. The zero-order valence-corrected chi connectivity index (χ0v) is 33.3. The zero-order valence-electron chi connectivity index (χ0n) is 27.2. The molecule has 0 N–H and O–H groups in total. The second-order valence-corrected chi connectivity index (χ2v) is 37.8. The quantitative estimate of drug-likeness (QED) is 0.269. The van der Waals surface area contributed by atoms with Crippen molar-refractivity contribution < 1.29 is 19.4 Å². The summed E-state index contributed by atoms with van der Waals surface area (Å²) in [6, 6.07) is 10.3. The second kappa shape index (κ2) is 14.2. The van der Waals surface area contributed by atoms with E-state index in [9.17, 15) is 0 Å². The van der Waals surface area contributed by atoms with E-state index >= 15 is 0 Å². The molecule has 2 aliphatic carbocycles. The van der Waals surface area contributed by atoms with Gasteiger partial charge in [0, 0.05) is 0 Å². The zero-order chi connectivity index (χ0) is 28.0. The Morgan fingerprint density at radius 2 is 0.897 bits per heavy atom. The van der Waals surface area contributed by atoms with Gasteiger partial charge in [-0.25, -0.2) is 0 Å². The molecule has 0 amide bonds. The molecule has 0 fully saturated rings. The first kappa shape index (κ1) is 36.6. The number of hydrogen-bond acceptors (Lipinski definition) is 0. The predicted octanol–water partition coefficient (Wildman–Crippen LogP) is 11.1. The van der Waals surface area contributed by atoms with Crippen molar-refractivity contribution in [3.05, 3.63) is 79.9 Å². The molecule has 2 aromatic carbocycles. The molecule has 2 unspecified atom stereocenters. The minimum atomic E-state index is -2.67. The number of halogens is 2. The van der Waals surface area contributed by atoms with Crippen LogP contribution in [0.3, 0.4) is 0 Å². The number of benzene rings is 2. The summed E-state index contributed by atoms with van der Waals surface area (Å²) in [5.74, 6) is 2.28. The van der Waals surface area contributed by atoms with Crippen molar-refractivity contribution in [3.8, 4) is 0 Å². The summed E-state index contributed by atoms with van der Waals surface area (Å²) in [7, 11) is 1.35. The number of hydrogen-bond donors (Lipinski definition) is 0. The molecule has 0 bridgehead atoms. The Bertz CT molecular complexity index is 1120. The Morgan fingerprint density at radius 1 is 0.590 bits per heavy atom. The van der Waals surface area contributed by atoms with E-state index in [1.165, 1.54) is 18.5 Å². The summed E-state index contributed by atoms with van der Waals surface area (Å²) in [5, 5.41) is 0. The van der Waals surface area contributed by atoms with Gasteiger partial charge in [0.05, 0.1) is 0 Å². The van der Waals surface area contributed by atoms with Gasteiger partial charge in [-0.1, -0.05) is 13.8 Å². The minimum absolute atomic E-state index is 0. The van der Waals surface area contributed by atoms with Gasteiger partial charge in [-0.3, -0.25) is 0 Å². The maximum absolute atomic E-state index is 2.81. The van der Waals surface area contributed by atoms with Gasteiger partial charge >= 0.3 is 224 Å². The van der Waals surface area contributed by atoms with Crippen molar-refractivity contribution in [1.82, 2.24) is 0 Å². The maximum Gasteiger partial charge on any atom is -0.147 e. The van der Waals surface area contributed by atoms with Gasteiger partial charge in [-0.05, 0) is 0 Å². The average molecular weight is 667 g/mol. The first-order valence-electron chi connectivity index (χ1n) is 15.0. The fraction of sp³-hybridized carbons (Fsp3) is 0.543. The van der Waals surface area contributed by atoms with Crippen molar-refractivity contribution in [1.29, 1.82) is 0 Å². The Balaban J connectivity index is 0.00000186. The van der Waals surface area contributed by atoms with Crippen LogP contribution in [0.5, 0.6) is 0 Å². The van der Waals surface area contributed by atoms with Gasteiger partial charge in [-0.15, -0.1) is 24.8 Å². The van der Waals surface area contributed by atoms with Crippen molar-refractivity contribution in [2.75, 3.05) is 0 Å². The van der Waals surface area contributed by atoms with Gasteiger partial charge in [0.25, 0.3) is 0 Å².